The Morgan fingerprint density at radius 1 is 1.62 bits per heavy atom. The summed E-state index contributed by atoms with van der Waals surface area (Å²) in [5.74, 6) is -0.293. The number of rotatable bonds is 4. The third-order valence-corrected chi connectivity index (χ3v) is 3.24. The van der Waals surface area contributed by atoms with Crippen molar-refractivity contribution < 1.29 is 12.7 Å². The van der Waals surface area contributed by atoms with Crippen LogP contribution in [0.25, 0.3) is 0 Å². The molecule has 0 aliphatic carbocycles. The highest BCUT2D eigenvalue weighted by Crippen LogP contribution is 2.26. The zero-order valence-electron chi connectivity index (χ0n) is 8.16. The molecule has 1 aliphatic rings. The van der Waals surface area contributed by atoms with E-state index in [1.165, 1.54) is 12.2 Å². The largest absolute Gasteiger partial charge is 0.332 e. The number of hydrogen-bond donors (Lipinski definition) is 0. The van der Waals surface area contributed by atoms with Crippen molar-refractivity contribution in [3.63, 3.8) is 0 Å². The molecule has 16 heavy (non-hydrogen) atoms. The van der Waals surface area contributed by atoms with Crippen LogP contribution >= 0.6 is 11.8 Å². The van der Waals surface area contributed by atoms with Crippen LogP contribution in [0.2, 0.25) is 0 Å². The predicted molar refractivity (Wildman–Crippen MR) is 62.9 cm³/mol. The second kappa shape index (κ2) is 5.53. The minimum absolute atomic E-state index is 0.293. The first-order valence-corrected chi connectivity index (χ1v) is 6.53. The molecule has 1 heterocycles. The highest BCUT2D eigenvalue weighted by Gasteiger charge is 2.12. The summed E-state index contributed by atoms with van der Waals surface area (Å²) < 4.78 is 26.6. The molecular formula is C9H8N2O3S2. The second-order valence-electron chi connectivity index (χ2n) is 2.63. The van der Waals surface area contributed by atoms with Crippen LogP contribution in [0.1, 0.15) is 0 Å². The van der Waals surface area contributed by atoms with Crippen molar-refractivity contribution >= 4 is 26.9 Å². The van der Waals surface area contributed by atoms with Gasteiger partial charge in [0.2, 0.25) is 0 Å². The molecule has 0 bridgehead atoms. The van der Waals surface area contributed by atoms with Gasteiger partial charge in [-0.1, -0.05) is 23.0 Å². The van der Waals surface area contributed by atoms with Crippen LogP contribution in [0.15, 0.2) is 40.9 Å². The monoisotopic (exact) mass is 256 g/mol. The van der Waals surface area contributed by atoms with E-state index in [-0.39, 0.29) is 5.75 Å². The predicted octanol–water partition coefficient (Wildman–Crippen LogP) is 1.54. The highest BCUT2D eigenvalue weighted by molar-refractivity contribution is 8.18. The Morgan fingerprint density at radius 3 is 3.00 bits per heavy atom. The molecule has 1 aliphatic heterocycles. The van der Waals surface area contributed by atoms with Crippen molar-refractivity contribution in [2.24, 2.45) is 5.16 Å². The van der Waals surface area contributed by atoms with Crippen LogP contribution in [0.5, 0.6) is 0 Å². The van der Waals surface area contributed by atoms with Gasteiger partial charge in [-0.3, -0.25) is 4.28 Å². The molecule has 0 saturated carbocycles. The molecule has 0 radical (unpaired) electrons. The fourth-order valence-electron chi connectivity index (χ4n) is 0.801. The van der Waals surface area contributed by atoms with E-state index in [1.807, 2.05) is 6.07 Å². The van der Waals surface area contributed by atoms with Crippen LogP contribution in [0, 0.1) is 11.3 Å². The van der Waals surface area contributed by atoms with Crippen LogP contribution in [0.3, 0.4) is 0 Å². The van der Waals surface area contributed by atoms with Gasteiger partial charge in [0.05, 0.1) is 6.07 Å². The van der Waals surface area contributed by atoms with Crippen molar-refractivity contribution in [3.05, 3.63) is 35.8 Å². The Kier molecular flexibility index (Phi) is 4.34. The van der Waals surface area contributed by atoms with Crippen molar-refractivity contribution in [3.8, 4) is 6.07 Å². The van der Waals surface area contributed by atoms with Gasteiger partial charge in [-0.2, -0.15) is 13.7 Å². The Morgan fingerprint density at radius 2 is 2.38 bits per heavy atom. The molecule has 0 spiro atoms. The van der Waals surface area contributed by atoms with Gasteiger partial charge in [0, 0.05) is 11.0 Å². The summed E-state index contributed by atoms with van der Waals surface area (Å²) in [4.78, 5) is 0.686. The number of allylic oxidation sites excluding steroid dienone is 2. The third kappa shape index (κ3) is 3.92. The maximum Gasteiger partial charge on any atom is 0.332 e. The fourth-order valence-corrected chi connectivity index (χ4v) is 2.09. The maximum atomic E-state index is 11.1. The summed E-state index contributed by atoms with van der Waals surface area (Å²) in [6, 6.07) is 1.86. The third-order valence-electron chi connectivity index (χ3n) is 1.38. The Balaban J connectivity index is 2.64. The van der Waals surface area contributed by atoms with E-state index in [0.717, 1.165) is 11.8 Å². The molecule has 0 aromatic rings. The Labute approximate surface area is 97.9 Å². The molecule has 84 valence electrons. The van der Waals surface area contributed by atoms with E-state index in [9.17, 15) is 8.42 Å². The summed E-state index contributed by atoms with van der Waals surface area (Å²) in [5, 5.41) is 12.2. The minimum Gasteiger partial charge on any atom is -0.267 e. The lowest BCUT2D eigenvalue weighted by atomic mass is 10.4. The lowest BCUT2D eigenvalue weighted by Gasteiger charge is -1.97. The Hall–Kier alpha value is -1.52. The molecule has 0 saturated heterocycles. The number of oxime groups is 1. The molecule has 7 heteroatoms. The lowest BCUT2D eigenvalue weighted by Crippen LogP contribution is -2.05. The molecule has 0 aromatic carbocycles. The van der Waals surface area contributed by atoms with Crippen LogP contribution in [0.4, 0.5) is 0 Å². The molecule has 5 nitrogen and oxygen atoms in total. The first-order valence-electron chi connectivity index (χ1n) is 4.13. The van der Waals surface area contributed by atoms with E-state index in [1.54, 1.807) is 12.2 Å². The number of nitrogens with zero attached hydrogens (tertiary/aromatic N) is 2. The molecule has 0 aromatic heterocycles. The molecule has 0 atom stereocenters. The van der Waals surface area contributed by atoms with Gasteiger partial charge in [0.25, 0.3) is 0 Å². The normalized spacial score (nSPS) is 19.9. The molecule has 0 amide bonds. The van der Waals surface area contributed by atoms with E-state index in [2.05, 4.69) is 16.0 Å². The average molecular weight is 256 g/mol. The van der Waals surface area contributed by atoms with Crippen LogP contribution in [-0.2, 0) is 14.4 Å². The van der Waals surface area contributed by atoms with Gasteiger partial charge in [-0.05, 0) is 12.2 Å². The maximum absolute atomic E-state index is 11.1. The smallest absolute Gasteiger partial charge is 0.267 e. The van der Waals surface area contributed by atoms with E-state index in [0.29, 0.717) is 9.95 Å². The van der Waals surface area contributed by atoms with Crippen molar-refractivity contribution in [1.29, 1.82) is 5.26 Å². The number of thioether (sulfide) groups is 1. The minimum atomic E-state index is -3.69. The molecule has 0 fully saturated rings. The summed E-state index contributed by atoms with van der Waals surface area (Å²) in [5.41, 5.74) is 0. The van der Waals surface area contributed by atoms with Gasteiger partial charge in [0.15, 0.2) is 0 Å². The average Bonchev–Trinajstić information content (AvgIpc) is 2.64. The summed E-state index contributed by atoms with van der Waals surface area (Å²) in [6.07, 6.45) is 5.77. The topological polar surface area (TPSA) is 79.5 Å². The Bertz CT molecular complexity index is 509. The van der Waals surface area contributed by atoms with Crippen molar-refractivity contribution in [2.75, 3.05) is 5.75 Å². The summed E-state index contributed by atoms with van der Waals surface area (Å²) in [6.45, 7) is 3.29. The van der Waals surface area contributed by atoms with Gasteiger partial charge in [-0.15, -0.1) is 6.58 Å². The van der Waals surface area contributed by atoms with Gasteiger partial charge in [-0.25, -0.2) is 0 Å². The SMILES string of the molecule is C=CCS(=O)(=O)ON=C1C=CC(=CC#N)S1. The molecular weight excluding hydrogens is 248 g/mol. The zero-order valence-corrected chi connectivity index (χ0v) is 9.79. The number of nitriles is 1. The lowest BCUT2D eigenvalue weighted by molar-refractivity contribution is 0.342. The fraction of sp³-hybridized carbons (Fsp3) is 0.111. The standard InChI is InChI=1S/C9H8N2O3S2/c1-2-7-16(12,13)14-11-9-4-3-8(15-9)5-6-10/h2-5H,1,7H2. The van der Waals surface area contributed by atoms with Crippen molar-refractivity contribution in [2.45, 2.75) is 0 Å². The van der Waals surface area contributed by atoms with Gasteiger partial charge >= 0.3 is 10.1 Å². The molecule has 1 rings (SSSR count). The van der Waals surface area contributed by atoms with Crippen LogP contribution in [-0.4, -0.2) is 19.2 Å². The first-order chi connectivity index (χ1) is 7.57. The number of hydrogen-bond acceptors (Lipinski definition) is 6. The highest BCUT2D eigenvalue weighted by atomic mass is 32.2. The zero-order chi connectivity index (χ0) is 12.0. The quantitative estimate of drug-likeness (QED) is 0.433. The second-order valence-corrected chi connectivity index (χ2v) is 5.32. The first kappa shape index (κ1) is 12.5. The van der Waals surface area contributed by atoms with Crippen molar-refractivity contribution in [1.82, 2.24) is 0 Å². The summed E-state index contributed by atoms with van der Waals surface area (Å²) in [7, 11) is -3.69. The van der Waals surface area contributed by atoms with Gasteiger partial charge in [0.1, 0.15) is 10.8 Å². The summed E-state index contributed by atoms with van der Waals surface area (Å²) >= 11 is 1.16. The van der Waals surface area contributed by atoms with E-state index < -0.39 is 10.1 Å². The van der Waals surface area contributed by atoms with Gasteiger partial charge < -0.3 is 0 Å². The molecule has 0 N–H and O–H groups in total. The van der Waals surface area contributed by atoms with Crippen LogP contribution < -0.4 is 0 Å². The van der Waals surface area contributed by atoms with E-state index in [4.69, 9.17) is 5.26 Å². The molecule has 0 unspecified atom stereocenters. The van der Waals surface area contributed by atoms with E-state index >= 15 is 0 Å².